The van der Waals surface area contributed by atoms with Crippen LogP contribution < -0.4 is 4.74 Å². The Balaban J connectivity index is 1.40. The molecule has 0 aliphatic carbocycles. The number of phenolic OH excluding ortho intramolecular Hbond substituents is 1. The number of nitrogens with zero attached hydrogens (tertiary/aromatic N) is 4. The standard InChI is InChI=1S/C29H34N6O2/c1-33(2)10-11-34-12-14-35(15-13-34)28(30)24-16-20(8-9-26(24)36)21-17-23-25(19-32-29(23)31-18-21)22-6-4-5-7-27(22)37-3/h4-9,16-19,30,36H,10-15H2,1-3H3,(H,31,32). The number of rotatable bonds is 7. The van der Waals surface area contributed by atoms with E-state index in [2.05, 4.69) is 44.8 Å². The van der Waals surface area contributed by atoms with E-state index in [0.29, 0.717) is 11.4 Å². The van der Waals surface area contributed by atoms with Crippen LogP contribution >= 0.6 is 0 Å². The Bertz CT molecular complexity index is 1400. The summed E-state index contributed by atoms with van der Waals surface area (Å²) < 4.78 is 5.58. The van der Waals surface area contributed by atoms with Crippen molar-refractivity contribution in [3.8, 4) is 33.8 Å². The van der Waals surface area contributed by atoms with Crippen LogP contribution in [0.4, 0.5) is 0 Å². The highest BCUT2D eigenvalue weighted by molar-refractivity contribution is 6.01. The minimum Gasteiger partial charge on any atom is -0.507 e. The number of piperazine rings is 1. The molecule has 37 heavy (non-hydrogen) atoms. The largest absolute Gasteiger partial charge is 0.507 e. The molecule has 0 atom stereocenters. The lowest BCUT2D eigenvalue weighted by atomic mass is 9.99. The van der Waals surface area contributed by atoms with Gasteiger partial charge in [0.25, 0.3) is 0 Å². The number of fused-ring (bicyclic) bond motifs is 1. The van der Waals surface area contributed by atoms with E-state index in [1.807, 2.05) is 48.8 Å². The second-order valence-electron chi connectivity index (χ2n) is 9.74. The normalized spacial score (nSPS) is 14.4. The van der Waals surface area contributed by atoms with E-state index in [4.69, 9.17) is 10.1 Å². The molecule has 5 rings (SSSR count). The number of likely N-dealkylation sites (N-methyl/N-ethyl adjacent to an activating group) is 1. The van der Waals surface area contributed by atoms with E-state index in [9.17, 15) is 5.11 Å². The third-order valence-electron chi connectivity index (χ3n) is 7.07. The van der Waals surface area contributed by atoms with Gasteiger partial charge in [0.1, 0.15) is 23.0 Å². The van der Waals surface area contributed by atoms with E-state index in [0.717, 1.165) is 78.3 Å². The third-order valence-corrected chi connectivity index (χ3v) is 7.07. The zero-order valence-corrected chi connectivity index (χ0v) is 21.7. The van der Waals surface area contributed by atoms with Crippen molar-refractivity contribution in [3.05, 3.63) is 66.5 Å². The van der Waals surface area contributed by atoms with Crippen LogP contribution in [-0.4, -0.2) is 96.1 Å². The van der Waals surface area contributed by atoms with E-state index in [-0.39, 0.29) is 5.75 Å². The highest BCUT2D eigenvalue weighted by Gasteiger charge is 2.22. The summed E-state index contributed by atoms with van der Waals surface area (Å²) in [5.74, 6) is 1.28. The maximum absolute atomic E-state index is 10.7. The Morgan fingerprint density at radius 2 is 1.84 bits per heavy atom. The molecular formula is C29H34N6O2. The van der Waals surface area contributed by atoms with Gasteiger partial charge in [0.15, 0.2) is 0 Å². The number of hydrogen-bond acceptors (Lipinski definition) is 6. The monoisotopic (exact) mass is 498 g/mol. The van der Waals surface area contributed by atoms with Crippen LogP contribution in [0.2, 0.25) is 0 Å². The third kappa shape index (κ3) is 5.16. The summed E-state index contributed by atoms with van der Waals surface area (Å²) in [5, 5.41) is 20.5. The van der Waals surface area contributed by atoms with Gasteiger partial charge in [-0.15, -0.1) is 0 Å². The van der Waals surface area contributed by atoms with Crippen molar-refractivity contribution in [1.29, 1.82) is 5.41 Å². The van der Waals surface area contributed by atoms with Crippen LogP contribution in [0.15, 0.2) is 60.9 Å². The first-order valence-electron chi connectivity index (χ1n) is 12.6. The summed E-state index contributed by atoms with van der Waals surface area (Å²) in [7, 11) is 5.85. The van der Waals surface area contributed by atoms with E-state index in [1.54, 1.807) is 13.2 Å². The molecule has 0 spiro atoms. The molecule has 2 aromatic heterocycles. The maximum Gasteiger partial charge on any atom is 0.137 e. The maximum atomic E-state index is 10.7. The Morgan fingerprint density at radius 1 is 1.05 bits per heavy atom. The molecule has 192 valence electrons. The average Bonchev–Trinajstić information content (AvgIpc) is 3.35. The lowest BCUT2D eigenvalue weighted by Crippen LogP contribution is -2.50. The second-order valence-corrected chi connectivity index (χ2v) is 9.74. The number of para-hydroxylation sites is 1. The lowest BCUT2D eigenvalue weighted by Gasteiger charge is -2.36. The molecule has 3 heterocycles. The fourth-order valence-corrected chi connectivity index (χ4v) is 4.86. The molecule has 8 nitrogen and oxygen atoms in total. The van der Waals surface area contributed by atoms with Crippen LogP contribution in [0.25, 0.3) is 33.3 Å². The molecule has 8 heteroatoms. The van der Waals surface area contributed by atoms with Gasteiger partial charge in [0, 0.05) is 73.7 Å². The first-order chi connectivity index (χ1) is 17.9. The number of benzene rings is 2. The van der Waals surface area contributed by atoms with Crippen LogP contribution in [-0.2, 0) is 0 Å². The number of aromatic amines is 1. The molecule has 0 radical (unpaired) electrons. The Kier molecular flexibility index (Phi) is 7.12. The number of nitrogens with one attached hydrogen (secondary N) is 2. The highest BCUT2D eigenvalue weighted by Crippen LogP contribution is 2.36. The number of ether oxygens (including phenoxy) is 1. The molecule has 1 aliphatic rings. The van der Waals surface area contributed by atoms with E-state index in [1.165, 1.54) is 0 Å². The minimum absolute atomic E-state index is 0.120. The number of aromatic nitrogens is 2. The molecule has 0 bridgehead atoms. The Hall–Kier alpha value is -3.88. The van der Waals surface area contributed by atoms with Crippen molar-refractivity contribution in [2.45, 2.75) is 0 Å². The molecule has 1 saturated heterocycles. The predicted octanol–water partition coefficient (Wildman–Crippen LogP) is 4.12. The van der Waals surface area contributed by atoms with Crippen LogP contribution in [0.5, 0.6) is 11.5 Å². The quantitative estimate of drug-likeness (QED) is 0.262. The summed E-state index contributed by atoms with van der Waals surface area (Å²) in [6, 6.07) is 15.5. The fraction of sp³-hybridized carbons (Fsp3) is 0.310. The summed E-state index contributed by atoms with van der Waals surface area (Å²) in [4.78, 5) is 14.6. The molecule has 0 saturated carbocycles. The number of H-pyrrole nitrogens is 1. The second kappa shape index (κ2) is 10.6. The zero-order valence-electron chi connectivity index (χ0n) is 21.7. The number of phenols is 1. The van der Waals surface area contributed by atoms with Crippen molar-refractivity contribution in [2.75, 3.05) is 60.5 Å². The average molecular weight is 499 g/mol. The number of pyridine rings is 1. The number of hydrogen-bond donors (Lipinski definition) is 3. The fourth-order valence-electron chi connectivity index (χ4n) is 4.86. The van der Waals surface area contributed by atoms with Crippen LogP contribution in [0, 0.1) is 5.41 Å². The van der Waals surface area contributed by atoms with Crippen molar-refractivity contribution < 1.29 is 9.84 Å². The first kappa shape index (κ1) is 24.8. The van der Waals surface area contributed by atoms with Gasteiger partial charge in [-0.25, -0.2) is 4.98 Å². The smallest absolute Gasteiger partial charge is 0.137 e. The molecule has 3 N–H and O–H groups in total. The summed E-state index contributed by atoms with van der Waals surface area (Å²) in [5.41, 5.74) is 5.17. The summed E-state index contributed by atoms with van der Waals surface area (Å²) >= 11 is 0. The van der Waals surface area contributed by atoms with Crippen molar-refractivity contribution >= 4 is 16.9 Å². The van der Waals surface area contributed by atoms with Gasteiger partial charge in [-0.1, -0.05) is 24.3 Å². The van der Waals surface area contributed by atoms with Crippen molar-refractivity contribution in [3.63, 3.8) is 0 Å². The minimum atomic E-state index is 0.120. The van der Waals surface area contributed by atoms with E-state index < -0.39 is 0 Å². The van der Waals surface area contributed by atoms with Crippen LogP contribution in [0.3, 0.4) is 0 Å². The van der Waals surface area contributed by atoms with Gasteiger partial charge in [0.05, 0.1) is 12.7 Å². The van der Waals surface area contributed by atoms with Gasteiger partial charge < -0.3 is 24.6 Å². The van der Waals surface area contributed by atoms with Crippen molar-refractivity contribution in [1.82, 2.24) is 24.7 Å². The molecule has 0 unspecified atom stereocenters. The van der Waals surface area contributed by atoms with Gasteiger partial charge >= 0.3 is 0 Å². The lowest BCUT2D eigenvalue weighted by molar-refractivity contribution is 0.169. The first-order valence-corrected chi connectivity index (χ1v) is 12.6. The van der Waals surface area contributed by atoms with Gasteiger partial charge in [0.2, 0.25) is 0 Å². The summed E-state index contributed by atoms with van der Waals surface area (Å²) in [6.07, 6.45) is 3.78. The molecule has 2 aromatic carbocycles. The van der Waals surface area contributed by atoms with Gasteiger partial charge in [-0.05, 0) is 43.9 Å². The number of amidine groups is 1. The molecule has 0 amide bonds. The Morgan fingerprint density at radius 3 is 2.59 bits per heavy atom. The molecule has 1 fully saturated rings. The summed E-state index contributed by atoms with van der Waals surface area (Å²) in [6.45, 7) is 5.43. The van der Waals surface area contributed by atoms with Crippen LogP contribution in [0.1, 0.15) is 5.56 Å². The molecule has 1 aliphatic heterocycles. The van der Waals surface area contributed by atoms with Gasteiger partial charge in [-0.2, -0.15) is 0 Å². The highest BCUT2D eigenvalue weighted by atomic mass is 16.5. The van der Waals surface area contributed by atoms with Crippen molar-refractivity contribution in [2.24, 2.45) is 0 Å². The van der Waals surface area contributed by atoms with E-state index >= 15 is 0 Å². The Labute approximate surface area is 217 Å². The zero-order chi connectivity index (χ0) is 25.9. The molecular weight excluding hydrogens is 464 g/mol. The topological polar surface area (TPSA) is 91.7 Å². The number of methoxy groups -OCH3 is 1. The van der Waals surface area contributed by atoms with Gasteiger partial charge in [-0.3, -0.25) is 10.3 Å². The SMILES string of the molecule is COc1ccccc1-c1c[nH]c2ncc(-c3ccc(O)c(C(=N)N4CCN(CCN(C)C)CC4)c3)cc12. The molecule has 4 aromatic rings. The predicted molar refractivity (Wildman–Crippen MR) is 149 cm³/mol. The number of aromatic hydroxyl groups is 1.